The molecule has 146 valence electrons. The van der Waals surface area contributed by atoms with Crippen molar-refractivity contribution in [3.8, 4) is 5.69 Å². The van der Waals surface area contributed by atoms with E-state index in [0.717, 1.165) is 33.8 Å². The van der Waals surface area contributed by atoms with Crippen LogP contribution in [0.4, 0.5) is 5.69 Å². The van der Waals surface area contributed by atoms with Crippen molar-refractivity contribution in [1.82, 2.24) is 14.7 Å². The third-order valence-corrected chi connectivity index (χ3v) is 5.10. The summed E-state index contributed by atoms with van der Waals surface area (Å²) in [7, 11) is 1.90. The SMILES string of the molecule is Cc1cccc(C)c1NC(=O)CN(C)Cc1c(C)nn(-c2ccccc2)c1Cl. The zero-order valence-corrected chi connectivity index (χ0v) is 17.4. The van der Waals surface area contributed by atoms with Crippen LogP contribution in [-0.2, 0) is 11.3 Å². The highest BCUT2D eigenvalue weighted by molar-refractivity contribution is 6.30. The summed E-state index contributed by atoms with van der Waals surface area (Å²) in [6.45, 7) is 6.73. The molecule has 6 heteroatoms. The van der Waals surface area contributed by atoms with Crippen molar-refractivity contribution in [3.63, 3.8) is 0 Å². The first kappa shape index (κ1) is 20.1. The van der Waals surface area contributed by atoms with Gasteiger partial charge in [0.05, 0.1) is 17.9 Å². The van der Waals surface area contributed by atoms with Crippen LogP contribution in [0, 0.1) is 20.8 Å². The van der Waals surface area contributed by atoms with Gasteiger partial charge in [-0.25, -0.2) is 4.68 Å². The van der Waals surface area contributed by atoms with E-state index in [0.29, 0.717) is 11.7 Å². The van der Waals surface area contributed by atoms with E-state index in [9.17, 15) is 4.79 Å². The summed E-state index contributed by atoms with van der Waals surface area (Å²) in [5, 5.41) is 8.16. The minimum absolute atomic E-state index is 0.0517. The summed E-state index contributed by atoms with van der Waals surface area (Å²) in [5.74, 6) is -0.0517. The Morgan fingerprint density at radius 3 is 2.36 bits per heavy atom. The highest BCUT2D eigenvalue weighted by atomic mass is 35.5. The standard InChI is InChI=1S/C22H25ClN4O/c1-15-9-8-10-16(2)21(15)24-20(28)14-26(4)13-19-17(3)25-27(22(19)23)18-11-6-5-7-12-18/h5-12H,13-14H2,1-4H3,(H,24,28). The van der Waals surface area contributed by atoms with Gasteiger partial charge in [-0.3, -0.25) is 9.69 Å². The van der Waals surface area contributed by atoms with Gasteiger partial charge in [0.2, 0.25) is 5.91 Å². The molecule has 0 aliphatic rings. The van der Waals surface area contributed by atoms with E-state index < -0.39 is 0 Å². The van der Waals surface area contributed by atoms with E-state index in [-0.39, 0.29) is 12.5 Å². The van der Waals surface area contributed by atoms with Crippen LogP contribution in [0.3, 0.4) is 0 Å². The number of nitrogens with one attached hydrogen (secondary N) is 1. The molecule has 2 aromatic carbocycles. The first-order valence-electron chi connectivity index (χ1n) is 9.21. The van der Waals surface area contributed by atoms with E-state index in [1.54, 1.807) is 4.68 Å². The Morgan fingerprint density at radius 1 is 1.07 bits per heavy atom. The molecule has 0 bridgehead atoms. The molecule has 3 rings (SSSR count). The van der Waals surface area contributed by atoms with E-state index >= 15 is 0 Å². The van der Waals surface area contributed by atoms with Crippen LogP contribution < -0.4 is 5.32 Å². The van der Waals surface area contributed by atoms with Crippen LogP contribution in [0.1, 0.15) is 22.4 Å². The number of aromatic nitrogens is 2. The van der Waals surface area contributed by atoms with Gasteiger partial charge in [0.1, 0.15) is 5.15 Å². The van der Waals surface area contributed by atoms with Crippen LogP contribution in [0.15, 0.2) is 48.5 Å². The number of anilines is 1. The molecule has 0 aliphatic heterocycles. The first-order chi connectivity index (χ1) is 13.4. The maximum Gasteiger partial charge on any atom is 0.238 e. The maximum atomic E-state index is 12.5. The van der Waals surface area contributed by atoms with Crippen LogP contribution in [0.5, 0.6) is 0 Å². The van der Waals surface area contributed by atoms with E-state index in [1.165, 1.54) is 0 Å². The number of nitrogens with zero attached hydrogens (tertiary/aromatic N) is 3. The summed E-state index contributed by atoms with van der Waals surface area (Å²) in [5.41, 5.74) is 5.69. The number of rotatable bonds is 6. The highest BCUT2D eigenvalue weighted by Crippen LogP contribution is 2.25. The monoisotopic (exact) mass is 396 g/mol. The maximum absolute atomic E-state index is 12.5. The molecule has 1 amide bonds. The van der Waals surface area contributed by atoms with Crippen molar-refractivity contribution in [1.29, 1.82) is 0 Å². The molecular weight excluding hydrogens is 372 g/mol. The third-order valence-electron chi connectivity index (χ3n) is 4.71. The fourth-order valence-corrected chi connectivity index (χ4v) is 3.54. The second kappa shape index (κ2) is 8.59. The molecule has 0 spiro atoms. The Kier molecular flexibility index (Phi) is 6.17. The molecular formula is C22H25ClN4O. The van der Waals surface area contributed by atoms with Crippen LogP contribution in [0.25, 0.3) is 5.69 Å². The Bertz CT molecular complexity index is 961. The lowest BCUT2D eigenvalue weighted by atomic mass is 10.1. The normalized spacial score (nSPS) is 11.1. The van der Waals surface area contributed by atoms with Crippen LogP contribution >= 0.6 is 11.6 Å². The Hall–Kier alpha value is -2.63. The fourth-order valence-electron chi connectivity index (χ4n) is 3.21. The lowest BCUT2D eigenvalue weighted by molar-refractivity contribution is -0.117. The lowest BCUT2D eigenvalue weighted by Gasteiger charge is -2.18. The van der Waals surface area contributed by atoms with Crippen molar-refractivity contribution in [2.24, 2.45) is 0 Å². The Labute approximate surface area is 170 Å². The van der Waals surface area contributed by atoms with E-state index in [1.807, 2.05) is 81.2 Å². The highest BCUT2D eigenvalue weighted by Gasteiger charge is 2.18. The topological polar surface area (TPSA) is 50.2 Å². The molecule has 0 fully saturated rings. The molecule has 1 N–H and O–H groups in total. The number of aryl methyl sites for hydroxylation is 3. The molecule has 0 atom stereocenters. The van der Waals surface area contributed by atoms with Gasteiger partial charge in [-0.05, 0) is 51.1 Å². The van der Waals surface area contributed by atoms with Gasteiger partial charge in [0, 0.05) is 17.8 Å². The largest absolute Gasteiger partial charge is 0.324 e. The lowest BCUT2D eigenvalue weighted by Crippen LogP contribution is -2.30. The summed E-state index contributed by atoms with van der Waals surface area (Å²) < 4.78 is 1.73. The summed E-state index contributed by atoms with van der Waals surface area (Å²) >= 11 is 6.59. The predicted octanol–water partition coefficient (Wildman–Crippen LogP) is 4.52. The van der Waals surface area contributed by atoms with Gasteiger partial charge in [0.25, 0.3) is 0 Å². The van der Waals surface area contributed by atoms with Crippen LogP contribution in [-0.4, -0.2) is 34.2 Å². The predicted molar refractivity (Wildman–Crippen MR) is 114 cm³/mol. The molecule has 0 saturated carbocycles. The average Bonchev–Trinajstić information content (AvgIpc) is 2.94. The minimum atomic E-state index is -0.0517. The van der Waals surface area contributed by atoms with Gasteiger partial charge >= 0.3 is 0 Å². The molecule has 5 nitrogen and oxygen atoms in total. The van der Waals surface area contributed by atoms with E-state index in [4.69, 9.17) is 11.6 Å². The van der Waals surface area contributed by atoms with Gasteiger partial charge in [0.15, 0.2) is 0 Å². The third kappa shape index (κ3) is 4.43. The summed E-state index contributed by atoms with van der Waals surface area (Å²) in [6.07, 6.45) is 0. The number of halogens is 1. The van der Waals surface area contributed by atoms with Crippen molar-refractivity contribution in [2.75, 3.05) is 18.9 Å². The summed E-state index contributed by atoms with van der Waals surface area (Å²) in [6, 6.07) is 15.8. The average molecular weight is 397 g/mol. The van der Waals surface area contributed by atoms with Gasteiger partial charge < -0.3 is 5.32 Å². The Morgan fingerprint density at radius 2 is 1.71 bits per heavy atom. The smallest absolute Gasteiger partial charge is 0.238 e. The first-order valence-corrected chi connectivity index (χ1v) is 9.58. The zero-order valence-electron chi connectivity index (χ0n) is 16.7. The van der Waals surface area contributed by atoms with Gasteiger partial charge in [-0.2, -0.15) is 5.10 Å². The van der Waals surface area contributed by atoms with Crippen molar-refractivity contribution in [3.05, 3.63) is 76.1 Å². The quantitative estimate of drug-likeness (QED) is 0.666. The number of para-hydroxylation sites is 2. The number of hydrogen-bond donors (Lipinski definition) is 1. The molecule has 3 aromatic rings. The molecule has 0 saturated heterocycles. The molecule has 0 unspecified atom stereocenters. The minimum Gasteiger partial charge on any atom is -0.324 e. The zero-order chi connectivity index (χ0) is 20.3. The number of hydrogen-bond acceptors (Lipinski definition) is 3. The van der Waals surface area contributed by atoms with E-state index in [2.05, 4.69) is 10.4 Å². The van der Waals surface area contributed by atoms with Crippen molar-refractivity contribution in [2.45, 2.75) is 27.3 Å². The number of likely N-dealkylation sites (N-methyl/N-ethyl adjacent to an activating group) is 1. The van der Waals surface area contributed by atoms with Crippen molar-refractivity contribution >= 4 is 23.2 Å². The van der Waals surface area contributed by atoms with Gasteiger partial charge in [-0.15, -0.1) is 0 Å². The number of benzene rings is 2. The second-order valence-corrected chi connectivity index (χ2v) is 7.45. The second-order valence-electron chi connectivity index (χ2n) is 7.09. The number of carbonyl (C=O) groups excluding carboxylic acids is 1. The molecule has 1 heterocycles. The van der Waals surface area contributed by atoms with Crippen molar-refractivity contribution < 1.29 is 4.79 Å². The van der Waals surface area contributed by atoms with Gasteiger partial charge in [-0.1, -0.05) is 48.0 Å². The number of amides is 1. The number of carbonyl (C=O) groups is 1. The molecule has 0 aliphatic carbocycles. The molecule has 0 radical (unpaired) electrons. The fraction of sp³-hybridized carbons (Fsp3) is 0.273. The molecule has 28 heavy (non-hydrogen) atoms. The van der Waals surface area contributed by atoms with Crippen LogP contribution in [0.2, 0.25) is 5.15 Å². The molecule has 1 aromatic heterocycles. The Balaban J connectivity index is 1.69. The summed E-state index contributed by atoms with van der Waals surface area (Å²) in [4.78, 5) is 14.4.